The molecule has 4 rings (SSSR count). The lowest BCUT2D eigenvalue weighted by Crippen LogP contribution is -2.31. The summed E-state index contributed by atoms with van der Waals surface area (Å²) < 4.78 is 11.2. The highest BCUT2D eigenvalue weighted by molar-refractivity contribution is 6.09. The summed E-state index contributed by atoms with van der Waals surface area (Å²) in [5.41, 5.74) is 1.34. The van der Waals surface area contributed by atoms with Gasteiger partial charge in [-0.1, -0.05) is 54.6 Å². The topological polar surface area (TPSA) is 81.9 Å². The Morgan fingerprint density at radius 1 is 0.968 bits per heavy atom. The molecule has 0 aromatic heterocycles. The Hall–Kier alpha value is -4.13. The summed E-state index contributed by atoms with van der Waals surface area (Å²) >= 11 is 0. The van der Waals surface area contributed by atoms with Gasteiger partial charge >= 0.3 is 0 Å². The number of nitro benzene ring substituents is 1. The normalized spacial score (nSPS) is 12.5. The number of ether oxygens (including phenoxy) is 2. The molecule has 31 heavy (non-hydrogen) atoms. The molecule has 0 saturated carbocycles. The van der Waals surface area contributed by atoms with Crippen LogP contribution in [0.1, 0.15) is 15.9 Å². The van der Waals surface area contributed by atoms with Crippen LogP contribution in [0.4, 0.5) is 11.4 Å². The molecule has 0 bridgehead atoms. The Morgan fingerprint density at radius 2 is 1.68 bits per heavy atom. The SMILES string of the molecule is O=C(c1ccccc1[N+](=O)[O-])N(CC=Cc1ccccc1)c1ccc2c(c1)OCCO2. The molecule has 0 unspecified atom stereocenters. The largest absolute Gasteiger partial charge is 0.486 e. The van der Waals surface area contributed by atoms with Crippen molar-refractivity contribution in [3.8, 4) is 11.5 Å². The van der Waals surface area contributed by atoms with E-state index in [1.54, 1.807) is 30.3 Å². The number of carbonyl (C=O) groups is 1. The smallest absolute Gasteiger partial charge is 0.282 e. The monoisotopic (exact) mass is 416 g/mol. The van der Waals surface area contributed by atoms with Crippen molar-refractivity contribution < 1.29 is 19.2 Å². The van der Waals surface area contributed by atoms with Crippen LogP contribution in [0, 0.1) is 10.1 Å². The molecule has 156 valence electrons. The third-order valence-corrected chi connectivity index (χ3v) is 4.81. The van der Waals surface area contributed by atoms with Gasteiger partial charge in [-0.2, -0.15) is 0 Å². The maximum absolute atomic E-state index is 13.4. The minimum absolute atomic E-state index is 0.0236. The van der Waals surface area contributed by atoms with E-state index in [1.807, 2.05) is 42.5 Å². The molecule has 0 aliphatic carbocycles. The van der Waals surface area contributed by atoms with E-state index in [1.165, 1.54) is 17.0 Å². The van der Waals surface area contributed by atoms with Gasteiger partial charge in [0.05, 0.1) is 4.92 Å². The van der Waals surface area contributed by atoms with E-state index in [0.717, 1.165) is 5.56 Å². The van der Waals surface area contributed by atoms with Crippen LogP contribution in [-0.4, -0.2) is 30.6 Å². The zero-order valence-electron chi connectivity index (χ0n) is 16.6. The number of hydrogen-bond donors (Lipinski definition) is 0. The molecule has 1 aliphatic rings. The first-order valence-electron chi connectivity index (χ1n) is 9.80. The average molecular weight is 416 g/mol. The van der Waals surface area contributed by atoms with Crippen LogP contribution in [0.2, 0.25) is 0 Å². The lowest BCUT2D eigenvalue weighted by Gasteiger charge is -2.24. The highest BCUT2D eigenvalue weighted by atomic mass is 16.6. The summed E-state index contributed by atoms with van der Waals surface area (Å²) in [4.78, 5) is 25.8. The average Bonchev–Trinajstić information content (AvgIpc) is 2.82. The molecule has 3 aromatic rings. The van der Waals surface area contributed by atoms with E-state index in [4.69, 9.17) is 9.47 Å². The van der Waals surface area contributed by atoms with E-state index in [2.05, 4.69) is 0 Å². The third kappa shape index (κ3) is 4.56. The van der Waals surface area contributed by atoms with Crippen molar-refractivity contribution >= 4 is 23.4 Å². The van der Waals surface area contributed by atoms with E-state index >= 15 is 0 Å². The summed E-state index contributed by atoms with van der Waals surface area (Å²) in [5.74, 6) is 0.672. The number of anilines is 1. The van der Waals surface area contributed by atoms with Gasteiger partial charge in [0.2, 0.25) is 0 Å². The molecule has 0 spiro atoms. The van der Waals surface area contributed by atoms with Gasteiger partial charge in [-0.05, 0) is 23.8 Å². The second-order valence-electron chi connectivity index (χ2n) is 6.83. The highest BCUT2D eigenvalue weighted by Crippen LogP contribution is 2.35. The number of amides is 1. The fourth-order valence-corrected chi connectivity index (χ4v) is 3.32. The van der Waals surface area contributed by atoms with Gasteiger partial charge in [0.15, 0.2) is 11.5 Å². The summed E-state index contributed by atoms with van der Waals surface area (Å²) in [6, 6.07) is 20.8. The minimum Gasteiger partial charge on any atom is -0.486 e. The van der Waals surface area contributed by atoms with Crippen LogP contribution < -0.4 is 14.4 Å². The Bertz CT molecular complexity index is 1130. The summed E-state index contributed by atoms with van der Waals surface area (Å²) in [6.45, 7) is 1.10. The van der Waals surface area contributed by atoms with Gasteiger partial charge in [-0.3, -0.25) is 14.9 Å². The van der Waals surface area contributed by atoms with Gasteiger partial charge in [-0.25, -0.2) is 0 Å². The van der Waals surface area contributed by atoms with Crippen LogP contribution in [0.15, 0.2) is 78.9 Å². The van der Waals surface area contributed by atoms with E-state index in [0.29, 0.717) is 30.4 Å². The molecule has 3 aromatic carbocycles. The zero-order valence-corrected chi connectivity index (χ0v) is 16.6. The summed E-state index contributed by atoms with van der Waals surface area (Å²) in [7, 11) is 0. The van der Waals surface area contributed by atoms with Crippen molar-refractivity contribution in [2.24, 2.45) is 0 Å². The quantitative estimate of drug-likeness (QED) is 0.429. The second-order valence-corrected chi connectivity index (χ2v) is 6.83. The molecule has 1 aliphatic heterocycles. The Kier molecular flexibility index (Phi) is 5.93. The molecule has 1 amide bonds. The maximum Gasteiger partial charge on any atom is 0.282 e. The lowest BCUT2D eigenvalue weighted by atomic mass is 10.1. The standard InChI is InChI=1S/C24H20N2O5/c27-24(20-10-4-5-11-21(20)26(28)29)25(14-6-9-18-7-2-1-3-8-18)19-12-13-22-23(17-19)31-16-15-30-22/h1-13,17H,14-16H2. The van der Waals surface area contributed by atoms with Crippen molar-refractivity contribution in [2.45, 2.75) is 0 Å². The number of nitrogens with zero attached hydrogens (tertiary/aromatic N) is 2. The first kappa shape index (κ1) is 20.2. The predicted octanol–water partition coefficient (Wildman–Crippen LogP) is 4.73. The lowest BCUT2D eigenvalue weighted by molar-refractivity contribution is -0.385. The van der Waals surface area contributed by atoms with Crippen LogP contribution in [0.25, 0.3) is 6.08 Å². The number of para-hydroxylation sites is 1. The third-order valence-electron chi connectivity index (χ3n) is 4.81. The van der Waals surface area contributed by atoms with Crippen molar-refractivity contribution in [3.05, 3.63) is 100 Å². The van der Waals surface area contributed by atoms with Crippen LogP contribution in [0.3, 0.4) is 0 Å². The maximum atomic E-state index is 13.4. The van der Waals surface area contributed by atoms with Crippen LogP contribution in [0.5, 0.6) is 11.5 Å². The molecule has 0 atom stereocenters. The van der Waals surface area contributed by atoms with Gasteiger partial charge in [-0.15, -0.1) is 0 Å². The predicted molar refractivity (Wildman–Crippen MR) is 118 cm³/mol. The second kappa shape index (κ2) is 9.13. The number of benzene rings is 3. The van der Waals surface area contributed by atoms with Crippen molar-refractivity contribution in [1.29, 1.82) is 0 Å². The van der Waals surface area contributed by atoms with Crippen molar-refractivity contribution in [1.82, 2.24) is 0 Å². The van der Waals surface area contributed by atoms with E-state index < -0.39 is 10.8 Å². The van der Waals surface area contributed by atoms with Gasteiger partial charge in [0, 0.05) is 24.4 Å². The zero-order chi connectivity index (χ0) is 21.6. The molecule has 7 nitrogen and oxygen atoms in total. The summed E-state index contributed by atoms with van der Waals surface area (Å²) in [6.07, 6.45) is 3.75. The molecule has 7 heteroatoms. The molecular weight excluding hydrogens is 396 g/mol. The minimum atomic E-state index is -0.547. The summed E-state index contributed by atoms with van der Waals surface area (Å²) in [5, 5.41) is 11.5. The van der Waals surface area contributed by atoms with Gasteiger partial charge < -0.3 is 14.4 Å². The first-order valence-corrected chi connectivity index (χ1v) is 9.80. The molecule has 1 heterocycles. The first-order chi connectivity index (χ1) is 15.1. The fraction of sp³-hybridized carbons (Fsp3) is 0.125. The van der Waals surface area contributed by atoms with Crippen LogP contribution >= 0.6 is 0 Å². The number of hydrogen-bond acceptors (Lipinski definition) is 5. The molecular formula is C24H20N2O5. The highest BCUT2D eigenvalue weighted by Gasteiger charge is 2.26. The van der Waals surface area contributed by atoms with E-state index in [-0.39, 0.29) is 17.8 Å². The molecule has 0 radical (unpaired) electrons. The van der Waals surface area contributed by atoms with Crippen molar-refractivity contribution in [3.63, 3.8) is 0 Å². The van der Waals surface area contributed by atoms with Gasteiger partial charge in [0.1, 0.15) is 18.8 Å². The Labute approximate surface area is 179 Å². The molecule has 0 N–H and O–H groups in total. The number of rotatable bonds is 6. The Morgan fingerprint density at radius 3 is 2.45 bits per heavy atom. The van der Waals surface area contributed by atoms with Crippen LogP contribution in [-0.2, 0) is 0 Å². The van der Waals surface area contributed by atoms with E-state index in [9.17, 15) is 14.9 Å². The molecule has 0 saturated heterocycles. The number of carbonyl (C=O) groups excluding carboxylic acids is 1. The number of nitro groups is 1. The van der Waals surface area contributed by atoms with Gasteiger partial charge in [0.25, 0.3) is 11.6 Å². The molecule has 0 fully saturated rings. The number of fused-ring (bicyclic) bond motifs is 1. The fourth-order valence-electron chi connectivity index (χ4n) is 3.32. The van der Waals surface area contributed by atoms with Crippen molar-refractivity contribution in [2.75, 3.05) is 24.7 Å². The Balaban J connectivity index is 1.69.